The minimum absolute atomic E-state index is 0.115. The highest BCUT2D eigenvalue weighted by Gasteiger charge is 2.25. The van der Waals surface area contributed by atoms with Gasteiger partial charge in [0.05, 0.1) is 0 Å². The van der Waals surface area contributed by atoms with Crippen LogP contribution in [0.3, 0.4) is 0 Å². The van der Waals surface area contributed by atoms with Crippen molar-refractivity contribution in [3.63, 3.8) is 0 Å². The van der Waals surface area contributed by atoms with Crippen molar-refractivity contribution < 1.29 is 0 Å². The quantitative estimate of drug-likeness (QED) is 0.159. The molecule has 1 heteroatoms. The van der Waals surface area contributed by atoms with Crippen molar-refractivity contribution in [1.82, 2.24) is 0 Å². The van der Waals surface area contributed by atoms with Crippen molar-refractivity contribution in [3.8, 4) is 0 Å². The third-order valence-corrected chi connectivity index (χ3v) is 6.00. The molecule has 0 spiro atoms. The van der Waals surface area contributed by atoms with Crippen LogP contribution >= 0.6 is 11.6 Å². The zero-order valence-electron chi connectivity index (χ0n) is 17.3. The minimum atomic E-state index is 0.115. The van der Waals surface area contributed by atoms with Crippen molar-refractivity contribution in [2.75, 3.05) is 0 Å². The molecule has 0 fully saturated rings. The number of rotatable bonds is 19. The van der Waals surface area contributed by atoms with Gasteiger partial charge < -0.3 is 0 Å². The lowest BCUT2D eigenvalue weighted by Crippen LogP contribution is -2.21. The molecule has 0 saturated carbocycles. The summed E-state index contributed by atoms with van der Waals surface area (Å²) in [5, 5.41) is 0. The predicted molar refractivity (Wildman–Crippen MR) is 113 cm³/mol. The first-order valence-electron chi connectivity index (χ1n) is 11.4. The van der Waals surface area contributed by atoms with Gasteiger partial charge in [-0.25, -0.2) is 0 Å². The summed E-state index contributed by atoms with van der Waals surface area (Å²) in [5.41, 5.74) is 0. The molecule has 0 rings (SSSR count). The van der Waals surface area contributed by atoms with Crippen LogP contribution in [0.25, 0.3) is 0 Å². The van der Waals surface area contributed by atoms with Crippen molar-refractivity contribution >= 4 is 11.6 Å². The normalized spacial score (nSPS) is 12.0. The largest absolute Gasteiger partial charge is 0.119 e. The standard InChI is InChI=1S/C23H47Cl/c1-4-7-10-13-14-15-16-19-22-23(24,20-17-11-8-5-2)21-18-12-9-6-3/h4-22H2,1-3H3. The Morgan fingerprint density at radius 3 is 1.00 bits per heavy atom. The van der Waals surface area contributed by atoms with Gasteiger partial charge in [-0.3, -0.25) is 0 Å². The first-order chi connectivity index (χ1) is 11.7. The Morgan fingerprint density at radius 1 is 0.417 bits per heavy atom. The van der Waals surface area contributed by atoms with Crippen molar-refractivity contribution in [3.05, 3.63) is 0 Å². The van der Waals surface area contributed by atoms with E-state index in [0.29, 0.717) is 0 Å². The average Bonchev–Trinajstić information content (AvgIpc) is 2.58. The Labute approximate surface area is 159 Å². The first kappa shape index (κ1) is 24.3. The molecular formula is C23H47Cl. The monoisotopic (exact) mass is 358 g/mol. The SMILES string of the molecule is CCCCCCCCCCC(Cl)(CCCCCC)CCCCCC. The maximum atomic E-state index is 7.08. The van der Waals surface area contributed by atoms with E-state index >= 15 is 0 Å². The lowest BCUT2D eigenvalue weighted by molar-refractivity contribution is 0.397. The van der Waals surface area contributed by atoms with E-state index in [1.165, 1.54) is 122 Å². The van der Waals surface area contributed by atoms with Crippen LogP contribution in [0.4, 0.5) is 0 Å². The van der Waals surface area contributed by atoms with Crippen molar-refractivity contribution in [1.29, 1.82) is 0 Å². The number of alkyl halides is 1. The van der Waals surface area contributed by atoms with Crippen LogP contribution in [-0.2, 0) is 0 Å². The van der Waals surface area contributed by atoms with Gasteiger partial charge in [-0.2, -0.15) is 0 Å². The van der Waals surface area contributed by atoms with E-state index in [9.17, 15) is 0 Å². The van der Waals surface area contributed by atoms with Crippen LogP contribution in [0, 0.1) is 0 Å². The van der Waals surface area contributed by atoms with Gasteiger partial charge in [0, 0.05) is 4.87 Å². The highest BCUT2D eigenvalue weighted by Crippen LogP contribution is 2.35. The molecule has 0 atom stereocenters. The van der Waals surface area contributed by atoms with Gasteiger partial charge in [0.2, 0.25) is 0 Å². The molecule has 0 aromatic carbocycles. The van der Waals surface area contributed by atoms with Gasteiger partial charge >= 0.3 is 0 Å². The van der Waals surface area contributed by atoms with E-state index in [4.69, 9.17) is 11.6 Å². The molecule has 0 amide bonds. The second-order valence-corrected chi connectivity index (χ2v) is 8.80. The molecule has 0 aromatic heterocycles. The molecule has 0 radical (unpaired) electrons. The summed E-state index contributed by atoms with van der Waals surface area (Å²) in [6.07, 6.45) is 25.8. The average molecular weight is 359 g/mol. The van der Waals surface area contributed by atoms with Crippen molar-refractivity contribution in [2.45, 2.75) is 148 Å². The Balaban J connectivity index is 3.90. The zero-order chi connectivity index (χ0) is 17.9. The molecule has 0 saturated heterocycles. The van der Waals surface area contributed by atoms with E-state index < -0.39 is 0 Å². The van der Waals surface area contributed by atoms with Crippen LogP contribution in [0.5, 0.6) is 0 Å². The van der Waals surface area contributed by atoms with Gasteiger partial charge in [-0.15, -0.1) is 11.6 Å². The molecule has 0 bridgehead atoms. The lowest BCUT2D eigenvalue weighted by Gasteiger charge is -2.27. The number of hydrogen-bond acceptors (Lipinski definition) is 0. The molecule has 0 unspecified atom stereocenters. The maximum Gasteiger partial charge on any atom is 0.0446 e. The van der Waals surface area contributed by atoms with Crippen LogP contribution in [-0.4, -0.2) is 4.87 Å². The molecule has 24 heavy (non-hydrogen) atoms. The fourth-order valence-corrected chi connectivity index (χ4v) is 4.09. The topological polar surface area (TPSA) is 0 Å². The highest BCUT2D eigenvalue weighted by molar-refractivity contribution is 6.23. The van der Waals surface area contributed by atoms with Crippen molar-refractivity contribution in [2.24, 2.45) is 0 Å². The van der Waals surface area contributed by atoms with E-state index in [1.807, 2.05) is 0 Å². The first-order valence-corrected chi connectivity index (χ1v) is 11.7. The smallest absolute Gasteiger partial charge is 0.0446 e. The molecule has 0 aliphatic rings. The van der Waals surface area contributed by atoms with Gasteiger partial charge in [-0.05, 0) is 19.3 Å². The Kier molecular flexibility index (Phi) is 18.3. The van der Waals surface area contributed by atoms with Crippen LogP contribution in [0.2, 0.25) is 0 Å². The second kappa shape index (κ2) is 18.1. The molecule has 146 valence electrons. The van der Waals surface area contributed by atoms with Gasteiger partial charge in [-0.1, -0.05) is 124 Å². The summed E-state index contributed by atoms with van der Waals surface area (Å²) >= 11 is 7.08. The number of unbranched alkanes of at least 4 members (excludes halogenated alkanes) is 13. The summed E-state index contributed by atoms with van der Waals surface area (Å²) in [5.74, 6) is 0. The fraction of sp³-hybridized carbons (Fsp3) is 1.00. The molecule has 0 nitrogen and oxygen atoms in total. The third kappa shape index (κ3) is 15.8. The molecule has 0 aromatic rings. The van der Waals surface area contributed by atoms with E-state index in [0.717, 1.165) is 0 Å². The summed E-state index contributed by atoms with van der Waals surface area (Å²) in [6.45, 7) is 6.87. The van der Waals surface area contributed by atoms with E-state index in [2.05, 4.69) is 20.8 Å². The maximum absolute atomic E-state index is 7.08. The van der Waals surface area contributed by atoms with Gasteiger partial charge in [0.15, 0.2) is 0 Å². The second-order valence-electron chi connectivity index (χ2n) is 8.00. The third-order valence-electron chi connectivity index (χ3n) is 5.44. The molecule has 0 aliphatic carbocycles. The Hall–Kier alpha value is 0.290. The van der Waals surface area contributed by atoms with Crippen LogP contribution in [0.1, 0.15) is 143 Å². The number of halogens is 1. The van der Waals surface area contributed by atoms with Crippen LogP contribution < -0.4 is 0 Å². The molecule has 0 heterocycles. The summed E-state index contributed by atoms with van der Waals surface area (Å²) < 4.78 is 0. The lowest BCUT2D eigenvalue weighted by atomic mass is 9.88. The minimum Gasteiger partial charge on any atom is -0.119 e. The predicted octanol–water partition coefficient (Wildman–Crippen LogP) is 9.44. The summed E-state index contributed by atoms with van der Waals surface area (Å²) in [6, 6.07) is 0. The molecule has 0 aliphatic heterocycles. The molecule has 0 N–H and O–H groups in total. The number of hydrogen-bond donors (Lipinski definition) is 0. The van der Waals surface area contributed by atoms with Gasteiger partial charge in [0.1, 0.15) is 0 Å². The van der Waals surface area contributed by atoms with E-state index in [-0.39, 0.29) is 4.87 Å². The summed E-state index contributed by atoms with van der Waals surface area (Å²) in [4.78, 5) is 0.115. The highest BCUT2D eigenvalue weighted by atomic mass is 35.5. The summed E-state index contributed by atoms with van der Waals surface area (Å²) in [7, 11) is 0. The van der Waals surface area contributed by atoms with Crippen LogP contribution in [0.15, 0.2) is 0 Å². The Bertz CT molecular complexity index is 224. The van der Waals surface area contributed by atoms with E-state index in [1.54, 1.807) is 0 Å². The Morgan fingerprint density at radius 2 is 0.667 bits per heavy atom. The van der Waals surface area contributed by atoms with Gasteiger partial charge in [0.25, 0.3) is 0 Å². The zero-order valence-corrected chi connectivity index (χ0v) is 18.1. The molecular weight excluding hydrogens is 312 g/mol. The fourth-order valence-electron chi connectivity index (χ4n) is 3.69.